The van der Waals surface area contributed by atoms with Crippen LogP contribution in [-0.4, -0.2) is 16.1 Å². The van der Waals surface area contributed by atoms with Crippen LogP contribution < -0.4 is 24.8 Å². The van der Waals surface area contributed by atoms with E-state index in [0.717, 1.165) is 0 Å². The predicted molar refractivity (Wildman–Crippen MR) is 66.1 cm³/mol. The first-order valence-corrected chi connectivity index (χ1v) is 12.1. The Morgan fingerprint density at radius 1 is 0.938 bits per heavy atom. The monoisotopic (exact) mass is 327 g/mol. The topological polar surface area (TPSA) is 0 Å². The molecule has 1 rings (SSSR count). The fraction of sp³-hybridized carbons (Fsp3) is 0.636. The first-order chi connectivity index (χ1) is 5.71. The maximum Gasteiger partial charge on any atom is 3.00 e. The summed E-state index contributed by atoms with van der Waals surface area (Å²) in [6, 6.07) is 0. The Hall–Kier alpha value is 1.21. The number of hydrogen-bond acceptors (Lipinski definition) is 0. The first-order valence-electron chi connectivity index (χ1n) is 5.05. The molecule has 1 aliphatic carbocycles. The average Bonchev–Trinajstić information content (AvgIpc) is 2.28. The van der Waals surface area contributed by atoms with Gasteiger partial charge in [0.1, 0.15) is 0 Å². The molecule has 0 N–H and O–H groups in total. The number of halogens is 2. The van der Waals surface area contributed by atoms with Crippen molar-refractivity contribution in [1.29, 1.82) is 0 Å². The molecule has 0 unspecified atom stereocenters. The maximum absolute atomic E-state index is 3.67. The van der Waals surface area contributed by atoms with Gasteiger partial charge in [-0.05, 0) is 0 Å². The van der Waals surface area contributed by atoms with Gasteiger partial charge in [0.25, 0.3) is 0 Å². The van der Waals surface area contributed by atoms with Gasteiger partial charge in [-0.2, -0.15) is 5.20 Å². The quantitative estimate of drug-likeness (QED) is 0.399. The van der Waals surface area contributed by atoms with Gasteiger partial charge >= 0.3 is 21.7 Å². The molecule has 0 aliphatic heterocycles. The van der Waals surface area contributed by atoms with Crippen molar-refractivity contribution in [3.8, 4) is 0 Å². The molecule has 1 aliphatic rings. The summed E-state index contributed by atoms with van der Waals surface area (Å²) in [5.41, 5.74) is 0. The van der Waals surface area contributed by atoms with Crippen molar-refractivity contribution >= 4 is 16.1 Å². The molecule has 0 aromatic rings. The average molecular weight is 328 g/mol. The van der Waals surface area contributed by atoms with Gasteiger partial charge in [-0.3, -0.25) is 6.08 Å². The standard InChI is InChI=1S/C11H21Si2.2ClH.Ti/c1-12(2,3)10-7-8-11(9-10)13(4,5)6;;;/h7H,8H2,1-6H3;2*1H;/q-1;;;+3/p-2. The van der Waals surface area contributed by atoms with Crippen LogP contribution in [0.5, 0.6) is 0 Å². The summed E-state index contributed by atoms with van der Waals surface area (Å²) >= 11 is 0. The van der Waals surface area contributed by atoms with Gasteiger partial charge in [0.05, 0.1) is 8.07 Å². The van der Waals surface area contributed by atoms with Crippen molar-refractivity contribution in [1.82, 2.24) is 0 Å². The maximum atomic E-state index is 3.67. The van der Waals surface area contributed by atoms with Crippen LogP contribution >= 0.6 is 0 Å². The molecular formula is C11H21Cl2Si2Ti. The minimum Gasteiger partial charge on any atom is -1.00 e. The Morgan fingerprint density at radius 2 is 1.38 bits per heavy atom. The summed E-state index contributed by atoms with van der Waals surface area (Å²) in [6.07, 6.45) is 7.28. The minimum atomic E-state index is -1.09. The zero-order valence-corrected chi connectivity index (χ0v) is 16.1. The second kappa shape index (κ2) is 7.60. The third-order valence-electron chi connectivity index (χ3n) is 2.51. The van der Waals surface area contributed by atoms with E-state index in [1.54, 1.807) is 10.4 Å². The van der Waals surface area contributed by atoms with Gasteiger partial charge in [0.15, 0.2) is 0 Å². The molecule has 0 amide bonds. The molecule has 0 atom stereocenters. The van der Waals surface area contributed by atoms with E-state index in [1.165, 1.54) is 6.42 Å². The Labute approximate surface area is 130 Å². The molecule has 0 fully saturated rings. The van der Waals surface area contributed by atoms with Crippen molar-refractivity contribution < 1.29 is 46.5 Å². The Bertz CT molecular complexity index is 273. The van der Waals surface area contributed by atoms with Crippen LogP contribution in [0.15, 0.2) is 16.5 Å². The van der Waals surface area contributed by atoms with Gasteiger partial charge < -0.3 is 24.8 Å². The Balaban J connectivity index is -0.000000563. The van der Waals surface area contributed by atoms with Crippen molar-refractivity contribution in [3.63, 3.8) is 0 Å². The molecule has 0 bridgehead atoms. The molecule has 0 heterocycles. The summed E-state index contributed by atoms with van der Waals surface area (Å²) in [5.74, 6) is 0. The molecule has 0 saturated heterocycles. The third kappa shape index (κ3) is 6.22. The van der Waals surface area contributed by atoms with Gasteiger partial charge in [-0.15, -0.1) is 6.42 Å². The van der Waals surface area contributed by atoms with Crippen molar-refractivity contribution in [2.45, 2.75) is 45.7 Å². The van der Waals surface area contributed by atoms with E-state index < -0.39 is 16.1 Å². The van der Waals surface area contributed by atoms with Gasteiger partial charge in [0, 0.05) is 8.07 Å². The van der Waals surface area contributed by atoms with Gasteiger partial charge in [-0.1, -0.05) is 39.3 Å². The van der Waals surface area contributed by atoms with Crippen LogP contribution in [0.3, 0.4) is 0 Å². The smallest absolute Gasteiger partial charge is 1.00 e. The fourth-order valence-electron chi connectivity index (χ4n) is 1.46. The van der Waals surface area contributed by atoms with Crippen LogP contribution in [0.1, 0.15) is 6.42 Å². The van der Waals surface area contributed by atoms with Gasteiger partial charge in [-0.25, -0.2) is 11.3 Å². The zero-order valence-electron chi connectivity index (χ0n) is 11.0. The Morgan fingerprint density at radius 3 is 1.56 bits per heavy atom. The number of rotatable bonds is 2. The predicted octanol–water partition coefficient (Wildman–Crippen LogP) is -2.19. The van der Waals surface area contributed by atoms with Crippen molar-refractivity contribution in [3.05, 3.63) is 22.5 Å². The molecule has 1 radical (unpaired) electrons. The van der Waals surface area contributed by atoms with Crippen LogP contribution in [0.4, 0.5) is 0 Å². The largest absolute Gasteiger partial charge is 3.00 e. The first kappa shape index (κ1) is 22.4. The summed E-state index contributed by atoms with van der Waals surface area (Å²) in [7, 11) is -2.16. The molecule has 0 nitrogen and oxygen atoms in total. The van der Waals surface area contributed by atoms with E-state index in [2.05, 4.69) is 51.4 Å². The third-order valence-corrected chi connectivity index (χ3v) is 6.59. The second-order valence-corrected chi connectivity index (χ2v) is 16.1. The molecule has 0 aromatic heterocycles. The van der Waals surface area contributed by atoms with E-state index >= 15 is 0 Å². The van der Waals surface area contributed by atoms with Crippen LogP contribution in [0.25, 0.3) is 0 Å². The normalized spacial score (nSPS) is 15.1. The molecule has 0 spiro atoms. The molecule has 16 heavy (non-hydrogen) atoms. The molecular weight excluding hydrogens is 307 g/mol. The van der Waals surface area contributed by atoms with Gasteiger partial charge in [0.2, 0.25) is 0 Å². The van der Waals surface area contributed by atoms with E-state index in [1.807, 2.05) is 0 Å². The van der Waals surface area contributed by atoms with E-state index in [0.29, 0.717) is 0 Å². The minimum absolute atomic E-state index is 0. The van der Waals surface area contributed by atoms with Crippen molar-refractivity contribution in [2.75, 3.05) is 0 Å². The molecule has 0 aromatic carbocycles. The van der Waals surface area contributed by atoms with E-state index in [9.17, 15) is 0 Å². The van der Waals surface area contributed by atoms with Crippen LogP contribution in [-0.2, 0) is 21.7 Å². The summed E-state index contributed by atoms with van der Waals surface area (Å²) in [5, 5.41) is 3.16. The fourth-order valence-corrected chi connectivity index (χ4v) is 4.05. The van der Waals surface area contributed by atoms with Crippen LogP contribution in [0, 0.1) is 6.08 Å². The SMILES string of the molecule is C[Si](C)(C)C1=[C-]C([Si](C)(C)C)=CC1.[Cl-].[Cl-].[Ti+3]. The Kier molecular flexibility index (Phi) is 10.6. The van der Waals surface area contributed by atoms with Crippen molar-refractivity contribution in [2.24, 2.45) is 0 Å². The molecule has 5 heteroatoms. The summed E-state index contributed by atoms with van der Waals surface area (Å²) in [6.45, 7) is 14.4. The van der Waals surface area contributed by atoms with E-state index in [-0.39, 0.29) is 46.5 Å². The summed E-state index contributed by atoms with van der Waals surface area (Å²) < 4.78 is 0. The second-order valence-electron chi connectivity index (χ2n) is 5.93. The molecule has 0 saturated carbocycles. The van der Waals surface area contributed by atoms with Crippen LogP contribution in [0.2, 0.25) is 39.3 Å². The zero-order chi connectivity index (χ0) is 10.3. The van der Waals surface area contributed by atoms with E-state index in [4.69, 9.17) is 0 Å². The molecule has 91 valence electrons. The number of hydrogen-bond donors (Lipinski definition) is 0. The summed E-state index contributed by atoms with van der Waals surface area (Å²) in [4.78, 5) is 0. The number of allylic oxidation sites excluding steroid dienone is 4.